The highest BCUT2D eigenvalue weighted by molar-refractivity contribution is 5.95. The van der Waals surface area contributed by atoms with Crippen LogP contribution in [0.3, 0.4) is 0 Å². The highest BCUT2D eigenvalue weighted by Crippen LogP contribution is 2.12. The van der Waals surface area contributed by atoms with E-state index in [1.807, 2.05) is 13.2 Å². The van der Waals surface area contributed by atoms with Crippen LogP contribution in [-0.2, 0) is 11.8 Å². The molecule has 1 aliphatic rings. The lowest BCUT2D eigenvalue weighted by atomic mass is 10.3. The fraction of sp³-hybridized carbons (Fsp3) is 0.500. The third-order valence-electron chi connectivity index (χ3n) is 2.09. The summed E-state index contributed by atoms with van der Waals surface area (Å²) in [5, 5.41) is 7.05. The lowest BCUT2D eigenvalue weighted by Gasteiger charge is -2.25. The molecule has 2 heterocycles. The van der Waals surface area contributed by atoms with Crippen LogP contribution in [0.4, 0.5) is 5.69 Å². The lowest BCUT2D eigenvalue weighted by Crippen LogP contribution is -2.48. The first kappa shape index (κ1) is 14.2. The average Bonchev–Trinajstić information content (AvgIpc) is 2.53. The highest BCUT2D eigenvalue weighted by Gasteiger charge is 2.19. The number of rotatable bonds is 1. The fourth-order valence-corrected chi connectivity index (χ4v) is 1.43. The number of halogens is 2. The molecule has 1 fully saturated rings. The summed E-state index contributed by atoms with van der Waals surface area (Å²) >= 11 is 0. The molecule has 86 valence electrons. The van der Waals surface area contributed by atoms with E-state index in [0.717, 1.165) is 18.8 Å². The fourth-order valence-electron chi connectivity index (χ4n) is 1.43. The predicted molar refractivity (Wildman–Crippen MR) is 62.9 cm³/mol. The van der Waals surface area contributed by atoms with Crippen LogP contribution in [0.25, 0.3) is 0 Å². The minimum atomic E-state index is 0. The zero-order chi connectivity index (χ0) is 9.26. The van der Waals surface area contributed by atoms with E-state index in [-0.39, 0.29) is 30.7 Å². The van der Waals surface area contributed by atoms with Crippen molar-refractivity contribution in [2.45, 2.75) is 0 Å². The second-order valence-corrected chi connectivity index (χ2v) is 3.09. The summed E-state index contributed by atoms with van der Waals surface area (Å²) in [6.45, 7) is 2.00. The van der Waals surface area contributed by atoms with Gasteiger partial charge in [0.2, 0.25) is 5.91 Å². The van der Waals surface area contributed by atoms with Gasteiger partial charge in [0.15, 0.2) is 0 Å². The van der Waals surface area contributed by atoms with E-state index in [0.29, 0.717) is 6.54 Å². The first-order chi connectivity index (χ1) is 6.27. The van der Waals surface area contributed by atoms with Gasteiger partial charge in [0.25, 0.3) is 0 Å². The smallest absolute Gasteiger partial charge is 0.241 e. The molecular weight excluding hydrogens is 239 g/mol. The molecule has 1 saturated heterocycles. The van der Waals surface area contributed by atoms with Gasteiger partial charge in [-0.05, 0) is 0 Å². The van der Waals surface area contributed by atoms with Gasteiger partial charge < -0.3 is 10.2 Å². The Labute approximate surface area is 101 Å². The summed E-state index contributed by atoms with van der Waals surface area (Å²) in [7, 11) is 1.84. The van der Waals surface area contributed by atoms with E-state index in [4.69, 9.17) is 0 Å². The van der Waals surface area contributed by atoms with Gasteiger partial charge >= 0.3 is 0 Å². The van der Waals surface area contributed by atoms with E-state index < -0.39 is 0 Å². The molecule has 1 N–H and O–H groups in total. The Balaban J connectivity index is 0.000000980. The maximum atomic E-state index is 11.4. The Morgan fingerprint density at radius 2 is 2.20 bits per heavy atom. The molecule has 0 atom stereocenters. The van der Waals surface area contributed by atoms with Gasteiger partial charge in [-0.25, -0.2) is 0 Å². The molecule has 1 amide bonds. The SMILES string of the molecule is Cl.Cl.Cn1cc(N2CCNCC2=O)cn1. The van der Waals surface area contributed by atoms with Gasteiger partial charge in [0.1, 0.15) is 0 Å². The maximum absolute atomic E-state index is 11.4. The molecule has 2 rings (SSSR count). The number of carbonyl (C=O) groups is 1. The standard InChI is InChI=1S/C8H12N4O.2ClH/c1-11-6-7(4-10-11)12-3-2-9-5-8(12)13;;/h4,6,9H,2-3,5H2,1H3;2*1H. The minimum absolute atomic E-state index is 0. The topological polar surface area (TPSA) is 50.2 Å². The van der Waals surface area contributed by atoms with Crippen LogP contribution in [0, 0.1) is 0 Å². The van der Waals surface area contributed by atoms with Crippen molar-refractivity contribution < 1.29 is 4.79 Å². The van der Waals surface area contributed by atoms with Crippen molar-refractivity contribution in [3.63, 3.8) is 0 Å². The second kappa shape index (κ2) is 5.95. The number of nitrogens with zero attached hydrogens (tertiary/aromatic N) is 3. The lowest BCUT2D eigenvalue weighted by molar-refractivity contribution is -0.118. The summed E-state index contributed by atoms with van der Waals surface area (Å²) in [6, 6.07) is 0. The van der Waals surface area contributed by atoms with Crippen molar-refractivity contribution in [3.8, 4) is 0 Å². The maximum Gasteiger partial charge on any atom is 0.241 e. The third kappa shape index (κ3) is 3.09. The summed E-state index contributed by atoms with van der Waals surface area (Å²) in [4.78, 5) is 13.2. The number of anilines is 1. The highest BCUT2D eigenvalue weighted by atomic mass is 35.5. The minimum Gasteiger partial charge on any atom is -0.307 e. The summed E-state index contributed by atoms with van der Waals surface area (Å²) < 4.78 is 1.70. The quantitative estimate of drug-likeness (QED) is 0.777. The molecule has 0 saturated carbocycles. The van der Waals surface area contributed by atoms with Gasteiger partial charge in [-0.15, -0.1) is 24.8 Å². The van der Waals surface area contributed by atoms with Crippen molar-refractivity contribution in [1.82, 2.24) is 15.1 Å². The van der Waals surface area contributed by atoms with E-state index in [1.165, 1.54) is 0 Å². The van der Waals surface area contributed by atoms with Gasteiger partial charge in [-0.1, -0.05) is 0 Å². The molecule has 5 nitrogen and oxygen atoms in total. The van der Waals surface area contributed by atoms with E-state index in [9.17, 15) is 4.79 Å². The Morgan fingerprint density at radius 1 is 1.47 bits per heavy atom. The largest absolute Gasteiger partial charge is 0.307 e. The molecule has 0 spiro atoms. The molecule has 1 aliphatic heterocycles. The van der Waals surface area contributed by atoms with Crippen LogP contribution in [0.2, 0.25) is 0 Å². The second-order valence-electron chi connectivity index (χ2n) is 3.09. The zero-order valence-corrected chi connectivity index (χ0v) is 9.98. The number of hydrogen-bond donors (Lipinski definition) is 1. The normalized spacial score (nSPS) is 15.5. The van der Waals surface area contributed by atoms with E-state index in [1.54, 1.807) is 15.8 Å². The van der Waals surface area contributed by atoms with Gasteiger partial charge in [-0.2, -0.15) is 5.10 Å². The summed E-state index contributed by atoms with van der Waals surface area (Å²) in [6.07, 6.45) is 3.56. The molecule has 1 aromatic rings. The number of amides is 1. The van der Waals surface area contributed by atoms with Gasteiger partial charge in [0.05, 0.1) is 18.4 Å². The Hall–Kier alpha value is -0.780. The molecule has 0 bridgehead atoms. The van der Waals surface area contributed by atoms with E-state index in [2.05, 4.69) is 10.4 Å². The van der Waals surface area contributed by atoms with E-state index >= 15 is 0 Å². The molecule has 0 radical (unpaired) electrons. The van der Waals surface area contributed by atoms with Crippen molar-refractivity contribution in [1.29, 1.82) is 0 Å². The predicted octanol–water partition coefficient (Wildman–Crippen LogP) is 0.200. The number of aryl methyl sites for hydroxylation is 1. The van der Waals surface area contributed by atoms with Crippen LogP contribution in [0.15, 0.2) is 12.4 Å². The third-order valence-corrected chi connectivity index (χ3v) is 2.09. The van der Waals surface area contributed by atoms with Crippen molar-refractivity contribution in [2.75, 3.05) is 24.5 Å². The van der Waals surface area contributed by atoms with Crippen LogP contribution in [0.1, 0.15) is 0 Å². The molecule has 1 aromatic heterocycles. The Kier molecular flexibility index (Phi) is 5.64. The molecule has 0 aliphatic carbocycles. The molecule has 0 unspecified atom stereocenters. The summed E-state index contributed by atoms with van der Waals surface area (Å²) in [5.41, 5.74) is 0.883. The van der Waals surface area contributed by atoms with Crippen LogP contribution < -0.4 is 10.2 Å². The number of piperazine rings is 1. The summed E-state index contributed by atoms with van der Waals surface area (Å²) in [5.74, 6) is 0.110. The number of nitrogens with one attached hydrogen (secondary N) is 1. The van der Waals surface area contributed by atoms with Gasteiger partial charge in [0, 0.05) is 26.3 Å². The van der Waals surface area contributed by atoms with Crippen LogP contribution >= 0.6 is 24.8 Å². The monoisotopic (exact) mass is 252 g/mol. The van der Waals surface area contributed by atoms with Crippen molar-refractivity contribution >= 4 is 36.4 Å². The molecular formula is C8H14Cl2N4O. The zero-order valence-electron chi connectivity index (χ0n) is 8.34. The number of aromatic nitrogens is 2. The van der Waals surface area contributed by atoms with Crippen molar-refractivity contribution in [2.24, 2.45) is 7.05 Å². The first-order valence-corrected chi connectivity index (χ1v) is 4.27. The van der Waals surface area contributed by atoms with Crippen LogP contribution in [0.5, 0.6) is 0 Å². The molecule has 7 heteroatoms. The molecule has 15 heavy (non-hydrogen) atoms. The average molecular weight is 253 g/mol. The van der Waals surface area contributed by atoms with Crippen LogP contribution in [-0.4, -0.2) is 35.3 Å². The van der Waals surface area contributed by atoms with Crippen molar-refractivity contribution in [3.05, 3.63) is 12.4 Å². The number of hydrogen-bond acceptors (Lipinski definition) is 3. The molecule has 0 aromatic carbocycles. The Bertz CT molecular complexity index is 328. The Morgan fingerprint density at radius 3 is 2.73 bits per heavy atom. The van der Waals surface area contributed by atoms with Gasteiger partial charge in [-0.3, -0.25) is 9.48 Å². The number of carbonyl (C=O) groups excluding carboxylic acids is 1. The first-order valence-electron chi connectivity index (χ1n) is 4.27.